The van der Waals surface area contributed by atoms with Crippen molar-refractivity contribution < 1.29 is 9.53 Å². The van der Waals surface area contributed by atoms with Crippen LogP contribution in [0.4, 0.5) is 10.6 Å². The highest BCUT2D eigenvalue weighted by molar-refractivity contribution is 5.74. The van der Waals surface area contributed by atoms with Crippen molar-refractivity contribution >= 4 is 11.8 Å². The van der Waals surface area contributed by atoms with Crippen LogP contribution in [0.25, 0.3) is 0 Å². The van der Waals surface area contributed by atoms with Gasteiger partial charge in [0.1, 0.15) is 5.82 Å². The summed E-state index contributed by atoms with van der Waals surface area (Å²) in [5.41, 5.74) is 1.84. The summed E-state index contributed by atoms with van der Waals surface area (Å²) in [6.45, 7) is 5.47. The third-order valence-corrected chi connectivity index (χ3v) is 4.08. The average Bonchev–Trinajstić information content (AvgIpc) is 2.68. The lowest BCUT2D eigenvalue weighted by molar-refractivity contribution is 0.122. The van der Waals surface area contributed by atoms with E-state index in [1.807, 2.05) is 37.3 Å². The number of urea groups is 1. The zero-order chi connectivity index (χ0) is 17.5. The molecule has 1 fully saturated rings. The highest BCUT2D eigenvalue weighted by Crippen LogP contribution is 2.14. The highest BCUT2D eigenvalue weighted by atomic mass is 16.5. The lowest BCUT2D eigenvalue weighted by atomic mass is 10.2. The second-order valence-corrected chi connectivity index (χ2v) is 5.93. The van der Waals surface area contributed by atoms with Crippen molar-refractivity contribution in [2.24, 2.45) is 0 Å². The minimum atomic E-state index is -0.220. The number of anilines is 1. The molecular formula is C18H23N5O2. The lowest BCUT2D eigenvalue weighted by Gasteiger charge is -2.28. The Morgan fingerprint density at radius 3 is 2.84 bits per heavy atom. The van der Waals surface area contributed by atoms with E-state index in [0.29, 0.717) is 6.54 Å². The van der Waals surface area contributed by atoms with Crippen LogP contribution in [-0.2, 0) is 11.3 Å². The van der Waals surface area contributed by atoms with Gasteiger partial charge in [0.25, 0.3) is 0 Å². The van der Waals surface area contributed by atoms with Crippen LogP contribution < -0.4 is 15.5 Å². The van der Waals surface area contributed by atoms with Gasteiger partial charge in [0.2, 0.25) is 0 Å². The van der Waals surface area contributed by atoms with Crippen molar-refractivity contribution in [2.75, 3.05) is 31.2 Å². The minimum Gasteiger partial charge on any atom is -0.378 e. The molecule has 25 heavy (non-hydrogen) atoms. The summed E-state index contributed by atoms with van der Waals surface area (Å²) >= 11 is 0. The Bertz CT molecular complexity index is 689. The van der Waals surface area contributed by atoms with Gasteiger partial charge in [-0.1, -0.05) is 6.07 Å². The molecule has 2 aromatic rings. The molecule has 0 aliphatic carbocycles. The van der Waals surface area contributed by atoms with Gasteiger partial charge in [-0.05, 0) is 36.8 Å². The first-order valence-electron chi connectivity index (χ1n) is 8.45. The Kier molecular flexibility index (Phi) is 5.79. The molecule has 0 saturated carbocycles. The second kappa shape index (κ2) is 8.43. The van der Waals surface area contributed by atoms with E-state index in [0.717, 1.165) is 43.4 Å². The van der Waals surface area contributed by atoms with E-state index >= 15 is 0 Å². The van der Waals surface area contributed by atoms with E-state index in [-0.39, 0.29) is 12.1 Å². The number of carbonyl (C=O) groups is 1. The first-order valence-corrected chi connectivity index (χ1v) is 8.45. The standard InChI is InChI=1S/C18H23N5O2/c1-14(16-4-2-3-6-19-16)22-18(24)21-13-15-5-7-20-17(12-15)23-8-10-25-11-9-23/h2-7,12,14H,8-11,13H2,1H3,(H2,21,22,24)/t14-/m1/s1. The molecular weight excluding hydrogens is 318 g/mol. The molecule has 1 aliphatic heterocycles. The van der Waals surface area contributed by atoms with Crippen molar-refractivity contribution in [3.8, 4) is 0 Å². The van der Waals surface area contributed by atoms with E-state index in [1.54, 1.807) is 12.4 Å². The minimum absolute atomic E-state index is 0.150. The maximum absolute atomic E-state index is 12.1. The predicted octanol–water partition coefficient (Wildman–Crippen LogP) is 1.87. The Morgan fingerprint density at radius 2 is 2.08 bits per heavy atom. The summed E-state index contributed by atoms with van der Waals surface area (Å²) in [6, 6.07) is 9.20. The molecule has 1 atom stereocenters. The van der Waals surface area contributed by atoms with Crippen LogP contribution in [0.3, 0.4) is 0 Å². The van der Waals surface area contributed by atoms with Crippen LogP contribution in [0, 0.1) is 0 Å². The molecule has 0 radical (unpaired) electrons. The maximum atomic E-state index is 12.1. The van der Waals surface area contributed by atoms with Crippen molar-refractivity contribution in [1.29, 1.82) is 0 Å². The van der Waals surface area contributed by atoms with Crippen molar-refractivity contribution in [2.45, 2.75) is 19.5 Å². The summed E-state index contributed by atoms with van der Waals surface area (Å²) < 4.78 is 5.36. The summed E-state index contributed by atoms with van der Waals surface area (Å²) in [7, 11) is 0. The predicted molar refractivity (Wildman–Crippen MR) is 95.3 cm³/mol. The zero-order valence-electron chi connectivity index (χ0n) is 14.3. The van der Waals surface area contributed by atoms with Crippen LogP contribution in [0.15, 0.2) is 42.7 Å². The van der Waals surface area contributed by atoms with Crippen LogP contribution in [0.5, 0.6) is 0 Å². The Labute approximate surface area is 147 Å². The molecule has 1 aliphatic rings. The lowest BCUT2D eigenvalue weighted by Crippen LogP contribution is -2.37. The first-order chi connectivity index (χ1) is 12.2. The topological polar surface area (TPSA) is 79.4 Å². The Hall–Kier alpha value is -2.67. The molecule has 3 heterocycles. The van der Waals surface area contributed by atoms with E-state index in [9.17, 15) is 4.79 Å². The van der Waals surface area contributed by atoms with Gasteiger partial charge in [-0.3, -0.25) is 4.98 Å². The summed E-state index contributed by atoms with van der Waals surface area (Å²) in [5, 5.41) is 5.77. The fourth-order valence-electron chi connectivity index (χ4n) is 2.67. The van der Waals surface area contributed by atoms with Gasteiger partial charge in [0.05, 0.1) is 24.9 Å². The van der Waals surface area contributed by atoms with E-state index in [4.69, 9.17) is 4.74 Å². The van der Waals surface area contributed by atoms with Crippen LogP contribution in [0.2, 0.25) is 0 Å². The summed E-state index contributed by atoms with van der Waals surface area (Å²) in [6.07, 6.45) is 3.49. The average molecular weight is 341 g/mol. The number of ether oxygens (including phenoxy) is 1. The number of nitrogens with one attached hydrogen (secondary N) is 2. The van der Waals surface area contributed by atoms with Crippen molar-refractivity contribution in [3.05, 3.63) is 54.0 Å². The van der Waals surface area contributed by atoms with Crippen molar-refractivity contribution in [3.63, 3.8) is 0 Å². The second-order valence-electron chi connectivity index (χ2n) is 5.93. The van der Waals surface area contributed by atoms with Gasteiger partial charge >= 0.3 is 6.03 Å². The SMILES string of the molecule is C[C@@H](NC(=O)NCc1ccnc(N2CCOCC2)c1)c1ccccn1. The monoisotopic (exact) mass is 341 g/mol. The van der Waals surface area contributed by atoms with E-state index < -0.39 is 0 Å². The molecule has 3 rings (SSSR count). The van der Waals surface area contributed by atoms with Gasteiger partial charge < -0.3 is 20.3 Å². The highest BCUT2D eigenvalue weighted by Gasteiger charge is 2.13. The van der Waals surface area contributed by atoms with E-state index in [1.165, 1.54) is 0 Å². The molecule has 0 spiro atoms. The van der Waals surface area contributed by atoms with Gasteiger partial charge in [-0.25, -0.2) is 9.78 Å². The fourth-order valence-corrected chi connectivity index (χ4v) is 2.67. The van der Waals surface area contributed by atoms with Gasteiger partial charge in [-0.2, -0.15) is 0 Å². The molecule has 2 N–H and O–H groups in total. The van der Waals surface area contributed by atoms with Crippen molar-refractivity contribution in [1.82, 2.24) is 20.6 Å². The molecule has 2 amide bonds. The van der Waals surface area contributed by atoms with Crippen LogP contribution in [0.1, 0.15) is 24.2 Å². The number of rotatable bonds is 5. The number of nitrogens with zero attached hydrogens (tertiary/aromatic N) is 3. The molecule has 0 bridgehead atoms. The smallest absolute Gasteiger partial charge is 0.315 e. The third-order valence-electron chi connectivity index (χ3n) is 4.08. The third kappa shape index (κ3) is 4.90. The molecule has 7 heteroatoms. The number of hydrogen-bond donors (Lipinski definition) is 2. The number of morpholine rings is 1. The first kappa shape index (κ1) is 17.2. The summed E-state index contributed by atoms with van der Waals surface area (Å²) in [4.78, 5) is 22.9. The molecule has 0 aromatic carbocycles. The number of hydrogen-bond acceptors (Lipinski definition) is 5. The molecule has 1 saturated heterocycles. The quantitative estimate of drug-likeness (QED) is 0.868. The Morgan fingerprint density at radius 1 is 1.24 bits per heavy atom. The molecule has 0 unspecified atom stereocenters. The van der Waals surface area contributed by atoms with Crippen LogP contribution in [-0.4, -0.2) is 42.3 Å². The number of pyridine rings is 2. The van der Waals surface area contributed by atoms with Gasteiger partial charge in [0, 0.05) is 32.0 Å². The number of amides is 2. The number of carbonyl (C=O) groups excluding carboxylic acids is 1. The largest absolute Gasteiger partial charge is 0.378 e. The molecule has 2 aromatic heterocycles. The zero-order valence-corrected chi connectivity index (χ0v) is 14.3. The Balaban J connectivity index is 1.52. The number of aromatic nitrogens is 2. The molecule has 7 nitrogen and oxygen atoms in total. The fraction of sp³-hybridized carbons (Fsp3) is 0.389. The normalized spacial score (nSPS) is 15.5. The van der Waals surface area contributed by atoms with Gasteiger partial charge in [-0.15, -0.1) is 0 Å². The van der Waals surface area contributed by atoms with Crippen LogP contribution >= 0.6 is 0 Å². The molecule has 132 valence electrons. The van der Waals surface area contributed by atoms with E-state index in [2.05, 4.69) is 25.5 Å². The summed E-state index contributed by atoms with van der Waals surface area (Å²) in [5.74, 6) is 0.921. The maximum Gasteiger partial charge on any atom is 0.315 e. The van der Waals surface area contributed by atoms with Gasteiger partial charge in [0.15, 0.2) is 0 Å².